The number of hydrogen-bond donors (Lipinski definition) is 0. The van der Waals surface area contributed by atoms with Crippen LogP contribution in [0.4, 0.5) is 0 Å². The lowest BCUT2D eigenvalue weighted by Crippen LogP contribution is -2.02. The first-order valence-corrected chi connectivity index (χ1v) is 5.25. The Balaban J connectivity index is 0.000000673. The molecule has 0 unspecified atom stereocenters. The zero-order valence-electron chi connectivity index (χ0n) is 10.1. The van der Waals surface area contributed by atoms with E-state index < -0.39 is 0 Å². The van der Waals surface area contributed by atoms with Crippen LogP contribution in [-0.4, -0.2) is 6.15 Å². The largest absolute Gasteiger partial charge is 0.373 e. The molecule has 1 aromatic rings. The summed E-state index contributed by atoms with van der Waals surface area (Å²) in [6.45, 7) is 10.5. The van der Waals surface area contributed by atoms with Gasteiger partial charge in [-0.3, -0.25) is 0 Å². The average molecular weight is 218 g/mol. The van der Waals surface area contributed by atoms with Crippen molar-refractivity contribution in [3.8, 4) is 0 Å². The summed E-state index contributed by atoms with van der Waals surface area (Å²) in [5, 5.41) is 0. The van der Waals surface area contributed by atoms with E-state index >= 15 is 0 Å². The summed E-state index contributed by atoms with van der Waals surface area (Å²) in [6.07, 6.45) is 2.29. The van der Waals surface area contributed by atoms with Crippen molar-refractivity contribution in [2.45, 2.75) is 26.7 Å². The molecule has 0 N–H and O–H groups in total. The predicted molar refractivity (Wildman–Crippen MR) is 64.0 cm³/mol. The molecule has 86 valence electrons. The van der Waals surface area contributed by atoms with E-state index in [9.17, 15) is 0 Å². The molecule has 0 amide bonds. The van der Waals surface area contributed by atoms with Crippen molar-refractivity contribution < 1.29 is 9.59 Å². The molecule has 2 heteroatoms. The van der Waals surface area contributed by atoms with Gasteiger partial charge in [0.15, 0.2) is 0 Å². The summed E-state index contributed by atoms with van der Waals surface area (Å²) in [5.74, 6) is 1.11. The van der Waals surface area contributed by atoms with Crippen molar-refractivity contribution in [3.05, 3.63) is 48.0 Å². The van der Waals surface area contributed by atoms with Crippen molar-refractivity contribution in [1.82, 2.24) is 0 Å². The van der Waals surface area contributed by atoms with E-state index in [1.165, 1.54) is 11.1 Å². The Labute approximate surface area is 97.0 Å². The van der Waals surface area contributed by atoms with Crippen LogP contribution in [0.1, 0.15) is 30.9 Å². The van der Waals surface area contributed by atoms with Crippen LogP contribution in [0.15, 0.2) is 36.9 Å². The van der Waals surface area contributed by atoms with Crippen LogP contribution in [0.25, 0.3) is 0 Å². The van der Waals surface area contributed by atoms with Crippen LogP contribution < -0.4 is 0 Å². The maximum Gasteiger partial charge on any atom is 0.373 e. The zero-order valence-corrected chi connectivity index (χ0v) is 10.1. The van der Waals surface area contributed by atoms with Crippen LogP contribution >= 0.6 is 0 Å². The van der Waals surface area contributed by atoms with Gasteiger partial charge in [0.2, 0.25) is 0 Å². The number of carbonyl (C=O) groups excluding carboxylic acids is 2. The van der Waals surface area contributed by atoms with Crippen LogP contribution in [-0.2, 0) is 9.59 Å². The van der Waals surface area contributed by atoms with Gasteiger partial charge in [-0.05, 0) is 18.4 Å². The highest BCUT2D eigenvalue weighted by atomic mass is 16.2. The molecule has 0 saturated heterocycles. The highest BCUT2D eigenvalue weighted by Crippen LogP contribution is 2.25. The Morgan fingerprint density at radius 1 is 1.19 bits per heavy atom. The highest BCUT2D eigenvalue weighted by Gasteiger charge is 2.10. The molecule has 1 rings (SSSR count). The van der Waals surface area contributed by atoms with Gasteiger partial charge in [-0.25, -0.2) is 0 Å². The Kier molecular flexibility index (Phi) is 6.82. The van der Waals surface area contributed by atoms with Gasteiger partial charge in [-0.15, -0.1) is 6.58 Å². The molecular weight excluding hydrogens is 200 g/mol. The minimum absolute atomic E-state index is 0.250. The van der Waals surface area contributed by atoms with Crippen LogP contribution in [0.5, 0.6) is 0 Å². The molecule has 1 aromatic carbocycles. The third kappa shape index (κ3) is 4.72. The van der Waals surface area contributed by atoms with Crippen molar-refractivity contribution in [3.63, 3.8) is 0 Å². The van der Waals surface area contributed by atoms with Crippen LogP contribution in [0.3, 0.4) is 0 Å². The second kappa shape index (κ2) is 7.61. The first kappa shape index (κ1) is 14.3. The predicted octanol–water partition coefficient (Wildman–Crippen LogP) is 3.34. The molecule has 0 aliphatic rings. The van der Waals surface area contributed by atoms with Crippen molar-refractivity contribution in [2.24, 2.45) is 5.92 Å². The third-order valence-corrected chi connectivity index (χ3v) is 2.43. The van der Waals surface area contributed by atoms with E-state index in [0.717, 1.165) is 0 Å². The summed E-state index contributed by atoms with van der Waals surface area (Å²) in [5.41, 5.74) is 2.69. The molecule has 2 nitrogen and oxygen atoms in total. The minimum Gasteiger partial charge on any atom is -0.186 e. The molecule has 0 aliphatic heterocycles. The maximum atomic E-state index is 8.12. The number of rotatable bonds is 3. The fourth-order valence-corrected chi connectivity index (χ4v) is 1.58. The first-order chi connectivity index (χ1) is 7.56. The van der Waals surface area contributed by atoms with Crippen LogP contribution in [0.2, 0.25) is 0 Å². The molecule has 0 heterocycles. The molecule has 0 saturated carbocycles. The molecule has 0 radical (unpaired) electrons. The first-order valence-electron chi connectivity index (χ1n) is 5.25. The van der Waals surface area contributed by atoms with Gasteiger partial charge in [0.25, 0.3) is 0 Å². The number of benzene rings is 1. The van der Waals surface area contributed by atoms with Gasteiger partial charge in [0.05, 0.1) is 0 Å². The van der Waals surface area contributed by atoms with Crippen molar-refractivity contribution in [2.75, 3.05) is 0 Å². The quantitative estimate of drug-likeness (QED) is 0.729. The normalized spacial score (nSPS) is 11.0. The fraction of sp³-hybridized carbons (Fsp3) is 0.357. The average Bonchev–Trinajstić information content (AvgIpc) is 2.22. The minimum atomic E-state index is 0.250. The van der Waals surface area contributed by atoms with Gasteiger partial charge in [0.1, 0.15) is 0 Å². The smallest absolute Gasteiger partial charge is 0.186 e. The van der Waals surface area contributed by atoms with Crippen LogP contribution in [0, 0.1) is 12.8 Å². The van der Waals surface area contributed by atoms with Gasteiger partial charge < -0.3 is 0 Å². The summed E-state index contributed by atoms with van der Waals surface area (Å²) in [6, 6.07) is 8.71. The summed E-state index contributed by atoms with van der Waals surface area (Å²) >= 11 is 0. The summed E-state index contributed by atoms with van der Waals surface area (Å²) in [4.78, 5) is 16.2. The Morgan fingerprint density at radius 3 is 1.94 bits per heavy atom. The van der Waals surface area contributed by atoms with E-state index in [2.05, 4.69) is 51.6 Å². The van der Waals surface area contributed by atoms with Gasteiger partial charge in [-0.1, -0.05) is 49.8 Å². The van der Waals surface area contributed by atoms with Crippen molar-refractivity contribution in [1.29, 1.82) is 0 Å². The molecule has 0 spiro atoms. The molecular formula is C14H18O2. The summed E-state index contributed by atoms with van der Waals surface area (Å²) < 4.78 is 0. The lowest BCUT2D eigenvalue weighted by Gasteiger charge is -2.16. The SMILES string of the molecule is C=C[C@H](c1ccc(C)cc1)C(C)C.O=C=O. The Morgan fingerprint density at radius 2 is 1.62 bits per heavy atom. The zero-order chi connectivity index (χ0) is 12.6. The second-order valence-electron chi connectivity index (χ2n) is 4.00. The van der Waals surface area contributed by atoms with E-state index in [1.54, 1.807) is 0 Å². The monoisotopic (exact) mass is 218 g/mol. The number of allylic oxidation sites excluding steroid dienone is 1. The molecule has 0 aromatic heterocycles. The van der Waals surface area contributed by atoms with Gasteiger partial charge in [-0.2, -0.15) is 9.59 Å². The van der Waals surface area contributed by atoms with Gasteiger partial charge in [0, 0.05) is 5.92 Å². The molecule has 0 aliphatic carbocycles. The number of hydrogen-bond acceptors (Lipinski definition) is 2. The van der Waals surface area contributed by atoms with E-state index in [1.807, 2.05) is 6.08 Å². The third-order valence-electron chi connectivity index (χ3n) is 2.43. The Bertz CT molecular complexity index is 344. The molecule has 1 atom stereocenters. The van der Waals surface area contributed by atoms with Gasteiger partial charge >= 0.3 is 6.15 Å². The van der Waals surface area contributed by atoms with Crippen molar-refractivity contribution >= 4 is 6.15 Å². The standard InChI is InChI=1S/C13H18.CO2/c1-5-13(10(2)3)12-8-6-11(4)7-9-12;2-1-3/h5-10,13H,1H2,2-4H3;/t13-;/m0./s1. The highest BCUT2D eigenvalue weighted by molar-refractivity contribution is 5.27. The topological polar surface area (TPSA) is 34.1 Å². The maximum absolute atomic E-state index is 8.12. The molecule has 0 bridgehead atoms. The second-order valence-corrected chi connectivity index (χ2v) is 4.00. The fourth-order valence-electron chi connectivity index (χ4n) is 1.58. The molecule has 16 heavy (non-hydrogen) atoms. The Hall–Kier alpha value is -1.66. The lowest BCUT2D eigenvalue weighted by atomic mass is 9.88. The molecule has 0 fully saturated rings. The number of aryl methyl sites for hydroxylation is 1. The van der Waals surface area contributed by atoms with E-state index in [0.29, 0.717) is 11.8 Å². The lowest BCUT2D eigenvalue weighted by molar-refractivity contribution is -0.191. The van der Waals surface area contributed by atoms with E-state index in [-0.39, 0.29) is 6.15 Å². The van der Waals surface area contributed by atoms with E-state index in [4.69, 9.17) is 9.59 Å². The summed E-state index contributed by atoms with van der Waals surface area (Å²) in [7, 11) is 0.